The molecule has 16 heavy (non-hydrogen) atoms. The highest BCUT2D eigenvalue weighted by Gasteiger charge is 2.20. The van der Waals surface area contributed by atoms with Crippen LogP contribution in [0.4, 0.5) is 0 Å². The van der Waals surface area contributed by atoms with Crippen molar-refractivity contribution in [2.24, 2.45) is 0 Å². The minimum Gasteiger partial charge on any atom is -0.489 e. The van der Waals surface area contributed by atoms with Crippen LogP contribution in [0.2, 0.25) is 0 Å². The van der Waals surface area contributed by atoms with Crippen molar-refractivity contribution in [1.29, 1.82) is 0 Å². The minimum absolute atomic E-state index is 0.0950. The van der Waals surface area contributed by atoms with E-state index in [1.165, 1.54) is 6.26 Å². The Hall–Kier alpha value is -2.03. The van der Waals surface area contributed by atoms with Gasteiger partial charge in [-0.05, 0) is 12.1 Å². The lowest BCUT2D eigenvalue weighted by Gasteiger charge is -2.00. The zero-order valence-corrected chi connectivity index (χ0v) is 8.60. The summed E-state index contributed by atoms with van der Waals surface area (Å²) in [4.78, 5) is 12.1. The largest absolute Gasteiger partial charge is 0.489 e. The van der Waals surface area contributed by atoms with Crippen molar-refractivity contribution in [3.8, 4) is 0 Å². The molecule has 0 N–H and O–H groups in total. The third-order valence-electron chi connectivity index (χ3n) is 2.65. The summed E-state index contributed by atoms with van der Waals surface area (Å²) in [7, 11) is 0. The Morgan fingerprint density at radius 3 is 2.94 bits per heavy atom. The molecule has 0 atom stereocenters. The van der Waals surface area contributed by atoms with Crippen LogP contribution in [0, 0.1) is 0 Å². The van der Waals surface area contributed by atoms with Crippen LogP contribution in [0.1, 0.15) is 16.8 Å². The SMILES string of the molecule is O=C(C1=CCCO1)c1coc2ccccc12. The van der Waals surface area contributed by atoms with E-state index in [-0.39, 0.29) is 5.78 Å². The standard InChI is InChI=1S/C13H10O3/c14-13(12-6-3-7-15-12)10-8-16-11-5-2-1-4-9(10)11/h1-2,4-6,8H,3,7H2. The molecule has 2 aromatic rings. The van der Waals surface area contributed by atoms with Crippen LogP contribution in [-0.4, -0.2) is 12.4 Å². The summed E-state index contributed by atoms with van der Waals surface area (Å²) in [6.45, 7) is 0.594. The molecule has 3 rings (SSSR count). The Balaban J connectivity index is 2.09. The molecule has 2 heterocycles. The fraction of sp³-hybridized carbons (Fsp3) is 0.154. The average Bonchev–Trinajstić information content (AvgIpc) is 2.98. The molecule has 0 saturated carbocycles. The molecule has 1 aliphatic rings. The number of allylic oxidation sites excluding steroid dienone is 1. The highest BCUT2D eigenvalue weighted by molar-refractivity contribution is 6.14. The quantitative estimate of drug-likeness (QED) is 0.721. The first-order valence-corrected chi connectivity index (χ1v) is 5.20. The summed E-state index contributed by atoms with van der Waals surface area (Å²) in [5.41, 5.74) is 1.30. The predicted octanol–water partition coefficient (Wildman–Crippen LogP) is 2.92. The summed E-state index contributed by atoms with van der Waals surface area (Å²) in [5.74, 6) is 0.342. The van der Waals surface area contributed by atoms with E-state index in [0.29, 0.717) is 17.9 Å². The van der Waals surface area contributed by atoms with Gasteiger partial charge >= 0.3 is 0 Å². The number of hydrogen-bond donors (Lipinski definition) is 0. The van der Waals surface area contributed by atoms with Crippen molar-refractivity contribution in [2.75, 3.05) is 6.61 Å². The third kappa shape index (κ3) is 1.33. The van der Waals surface area contributed by atoms with E-state index < -0.39 is 0 Å². The Morgan fingerprint density at radius 2 is 2.12 bits per heavy atom. The van der Waals surface area contributed by atoms with E-state index in [1.807, 2.05) is 30.3 Å². The normalized spacial score (nSPS) is 14.9. The number of Topliss-reactive ketones (excluding diaryl/α,β-unsaturated/α-hetero) is 1. The van der Waals surface area contributed by atoms with Crippen molar-refractivity contribution < 1.29 is 13.9 Å². The second-order valence-corrected chi connectivity index (χ2v) is 3.68. The number of carbonyl (C=O) groups excluding carboxylic acids is 1. The van der Waals surface area contributed by atoms with Crippen molar-refractivity contribution in [3.05, 3.63) is 47.9 Å². The maximum Gasteiger partial charge on any atom is 0.231 e. The fourth-order valence-electron chi connectivity index (χ4n) is 1.86. The monoisotopic (exact) mass is 214 g/mol. The van der Waals surface area contributed by atoms with Gasteiger partial charge < -0.3 is 9.15 Å². The van der Waals surface area contributed by atoms with Gasteiger partial charge in [-0.1, -0.05) is 18.2 Å². The minimum atomic E-state index is -0.0950. The lowest BCUT2D eigenvalue weighted by Crippen LogP contribution is -2.02. The van der Waals surface area contributed by atoms with Crippen molar-refractivity contribution >= 4 is 16.8 Å². The second kappa shape index (κ2) is 3.52. The molecule has 1 aliphatic heterocycles. The van der Waals surface area contributed by atoms with Crippen LogP contribution in [0.25, 0.3) is 11.0 Å². The first-order chi connectivity index (χ1) is 7.86. The van der Waals surface area contributed by atoms with E-state index in [0.717, 1.165) is 17.4 Å². The first kappa shape index (κ1) is 9.21. The fourth-order valence-corrected chi connectivity index (χ4v) is 1.86. The zero-order valence-electron chi connectivity index (χ0n) is 8.60. The highest BCUT2D eigenvalue weighted by atomic mass is 16.5. The molecule has 0 amide bonds. The molecular formula is C13H10O3. The van der Waals surface area contributed by atoms with Crippen LogP contribution >= 0.6 is 0 Å². The lowest BCUT2D eigenvalue weighted by atomic mass is 10.1. The van der Waals surface area contributed by atoms with E-state index in [1.54, 1.807) is 0 Å². The summed E-state index contributed by atoms with van der Waals surface area (Å²) >= 11 is 0. The number of para-hydroxylation sites is 1. The predicted molar refractivity (Wildman–Crippen MR) is 59.2 cm³/mol. The summed E-state index contributed by atoms with van der Waals surface area (Å²) in [5, 5.41) is 0.837. The summed E-state index contributed by atoms with van der Waals surface area (Å²) in [6.07, 6.45) is 4.12. The second-order valence-electron chi connectivity index (χ2n) is 3.68. The van der Waals surface area contributed by atoms with Gasteiger partial charge in [-0.3, -0.25) is 4.79 Å². The molecule has 0 bridgehead atoms. The molecule has 0 fully saturated rings. The molecule has 0 spiro atoms. The average molecular weight is 214 g/mol. The number of rotatable bonds is 2. The van der Waals surface area contributed by atoms with Gasteiger partial charge in [0.05, 0.1) is 12.2 Å². The molecule has 1 aromatic heterocycles. The van der Waals surface area contributed by atoms with Crippen LogP contribution in [0.3, 0.4) is 0 Å². The number of benzene rings is 1. The van der Waals surface area contributed by atoms with Gasteiger partial charge in [0.25, 0.3) is 0 Å². The molecule has 0 aliphatic carbocycles. The zero-order chi connectivity index (χ0) is 11.0. The van der Waals surface area contributed by atoms with Crippen molar-refractivity contribution in [3.63, 3.8) is 0 Å². The number of hydrogen-bond acceptors (Lipinski definition) is 3. The van der Waals surface area contributed by atoms with Gasteiger partial charge in [-0.25, -0.2) is 0 Å². The Labute approximate surface area is 92.3 Å². The van der Waals surface area contributed by atoms with E-state index >= 15 is 0 Å². The smallest absolute Gasteiger partial charge is 0.231 e. The maximum atomic E-state index is 12.1. The highest BCUT2D eigenvalue weighted by Crippen LogP contribution is 2.24. The lowest BCUT2D eigenvalue weighted by molar-refractivity contribution is 0.0943. The molecule has 1 aromatic carbocycles. The Kier molecular flexibility index (Phi) is 2.03. The van der Waals surface area contributed by atoms with Crippen LogP contribution < -0.4 is 0 Å². The molecule has 3 nitrogen and oxygen atoms in total. The molecule has 0 unspecified atom stereocenters. The number of carbonyl (C=O) groups is 1. The summed E-state index contributed by atoms with van der Waals surface area (Å²) in [6, 6.07) is 7.49. The topological polar surface area (TPSA) is 39.4 Å². The number of furan rings is 1. The van der Waals surface area contributed by atoms with Gasteiger partial charge in [0, 0.05) is 11.8 Å². The molecule has 0 saturated heterocycles. The van der Waals surface area contributed by atoms with Gasteiger partial charge in [0.2, 0.25) is 5.78 Å². The number of ketones is 1. The first-order valence-electron chi connectivity index (χ1n) is 5.20. The molecule has 0 radical (unpaired) electrons. The van der Waals surface area contributed by atoms with Crippen molar-refractivity contribution in [1.82, 2.24) is 0 Å². The van der Waals surface area contributed by atoms with Gasteiger partial charge in [0.1, 0.15) is 11.8 Å². The molecular weight excluding hydrogens is 204 g/mol. The number of fused-ring (bicyclic) bond motifs is 1. The maximum absolute atomic E-state index is 12.1. The molecule has 80 valence electrons. The van der Waals surface area contributed by atoms with Crippen LogP contribution in [-0.2, 0) is 4.74 Å². The van der Waals surface area contributed by atoms with E-state index in [4.69, 9.17) is 9.15 Å². The van der Waals surface area contributed by atoms with Gasteiger partial charge in [0.15, 0.2) is 5.76 Å². The van der Waals surface area contributed by atoms with Crippen molar-refractivity contribution in [2.45, 2.75) is 6.42 Å². The number of ether oxygens (including phenoxy) is 1. The van der Waals surface area contributed by atoms with E-state index in [2.05, 4.69) is 0 Å². The molecule has 3 heteroatoms. The van der Waals surface area contributed by atoms with E-state index in [9.17, 15) is 4.79 Å². The van der Waals surface area contributed by atoms with Gasteiger partial charge in [-0.2, -0.15) is 0 Å². The Bertz CT molecular complexity index is 578. The van der Waals surface area contributed by atoms with Crippen LogP contribution in [0.15, 0.2) is 46.8 Å². The Morgan fingerprint density at radius 1 is 1.25 bits per heavy atom. The summed E-state index contributed by atoms with van der Waals surface area (Å²) < 4.78 is 10.6. The third-order valence-corrected chi connectivity index (χ3v) is 2.65. The van der Waals surface area contributed by atoms with Crippen LogP contribution in [0.5, 0.6) is 0 Å². The van der Waals surface area contributed by atoms with Gasteiger partial charge in [-0.15, -0.1) is 0 Å².